The summed E-state index contributed by atoms with van der Waals surface area (Å²) in [5, 5.41) is 0.637. The minimum atomic E-state index is 0.142. The number of carbonyl (C=O) groups excluding carboxylic acids is 1. The molecule has 1 amide bonds. The number of piperidine rings is 1. The average Bonchev–Trinajstić information content (AvgIpc) is 3.27. The van der Waals surface area contributed by atoms with Gasteiger partial charge in [0, 0.05) is 42.2 Å². The minimum Gasteiger partial charge on any atom is -0.338 e. The lowest BCUT2D eigenvalue weighted by Gasteiger charge is -2.40. The quantitative estimate of drug-likeness (QED) is 0.843. The topological polar surface area (TPSA) is 23.6 Å². The number of likely N-dealkylation sites (tertiary alicyclic amines) is 2. The first-order valence-electron chi connectivity index (χ1n) is 8.91. The van der Waals surface area contributed by atoms with Gasteiger partial charge in [0.1, 0.15) is 0 Å². The number of halogens is 1. The third kappa shape index (κ3) is 3.41. The summed E-state index contributed by atoms with van der Waals surface area (Å²) in [6.07, 6.45) is 6.55. The average molecular weight is 333 g/mol. The van der Waals surface area contributed by atoms with Crippen LogP contribution in [0.4, 0.5) is 0 Å². The maximum atomic E-state index is 12.7. The van der Waals surface area contributed by atoms with Gasteiger partial charge in [0.15, 0.2) is 0 Å². The molecule has 4 rings (SSSR count). The summed E-state index contributed by atoms with van der Waals surface area (Å²) in [5.41, 5.74) is 1.06. The molecule has 0 bridgehead atoms. The molecule has 3 aliphatic rings. The van der Waals surface area contributed by atoms with E-state index in [1.807, 2.05) is 23.1 Å². The Bertz CT molecular complexity index is 601. The molecular formula is C19H25ClN2O. The molecule has 0 radical (unpaired) electrons. The highest BCUT2D eigenvalue weighted by Gasteiger charge is 2.43. The van der Waals surface area contributed by atoms with Crippen LogP contribution in [0.5, 0.6) is 0 Å². The van der Waals surface area contributed by atoms with Crippen molar-refractivity contribution in [2.45, 2.75) is 32.1 Å². The fourth-order valence-corrected chi connectivity index (χ4v) is 4.57. The van der Waals surface area contributed by atoms with Crippen LogP contribution in [-0.4, -0.2) is 48.4 Å². The van der Waals surface area contributed by atoms with Gasteiger partial charge < -0.3 is 9.80 Å². The molecule has 1 aromatic carbocycles. The van der Waals surface area contributed by atoms with Crippen LogP contribution in [-0.2, 0) is 0 Å². The molecule has 3 fully saturated rings. The van der Waals surface area contributed by atoms with Crippen LogP contribution in [0, 0.1) is 11.3 Å². The fourth-order valence-electron chi connectivity index (χ4n) is 4.38. The molecule has 0 N–H and O–H groups in total. The van der Waals surface area contributed by atoms with Crippen LogP contribution in [0.15, 0.2) is 24.3 Å². The first kappa shape index (κ1) is 15.5. The molecule has 2 heterocycles. The van der Waals surface area contributed by atoms with E-state index in [1.54, 1.807) is 6.07 Å². The van der Waals surface area contributed by atoms with Gasteiger partial charge in [0.25, 0.3) is 5.91 Å². The third-order valence-corrected chi connectivity index (χ3v) is 5.99. The van der Waals surface area contributed by atoms with Crippen LogP contribution >= 0.6 is 11.6 Å². The molecule has 1 atom stereocenters. The summed E-state index contributed by atoms with van der Waals surface area (Å²) in [6.45, 7) is 5.52. The Balaban J connectivity index is 1.42. The number of nitrogens with zero attached hydrogens (tertiary/aromatic N) is 2. The largest absolute Gasteiger partial charge is 0.338 e. The van der Waals surface area contributed by atoms with Crippen molar-refractivity contribution < 1.29 is 4.79 Å². The second-order valence-electron chi connectivity index (χ2n) is 7.77. The highest BCUT2D eigenvalue weighted by molar-refractivity contribution is 6.30. The Kier molecular flexibility index (Phi) is 4.10. The molecule has 2 saturated heterocycles. The van der Waals surface area contributed by atoms with Gasteiger partial charge in [0.05, 0.1) is 0 Å². The zero-order valence-corrected chi connectivity index (χ0v) is 14.4. The fraction of sp³-hybridized carbons (Fsp3) is 0.632. The van der Waals surface area contributed by atoms with Crippen molar-refractivity contribution in [2.75, 3.05) is 32.7 Å². The van der Waals surface area contributed by atoms with Crippen molar-refractivity contribution in [3.05, 3.63) is 34.9 Å². The molecule has 23 heavy (non-hydrogen) atoms. The molecule has 4 heteroatoms. The van der Waals surface area contributed by atoms with Crippen LogP contribution in [0.2, 0.25) is 5.02 Å². The summed E-state index contributed by atoms with van der Waals surface area (Å²) in [4.78, 5) is 17.5. The van der Waals surface area contributed by atoms with Gasteiger partial charge in [-0.2, -0.15) is 0 Å². The van der Waals surface area contributed by atoms with Crippen molar-refractivity contribution >= 4 is 17.5 Å². The highest BCUT2D eigenvalue weighted by atomic mass is 35.5. The van der Waals surface area contributed by atoms with Crippen LogP contribution < -0.4 is 0 Å². The van der Waals surface area contributed by atoms with E-state index in [-0.39, 0.29) is 5.91 Å². The zero-order chi connectivity index (χ0) is 15.9. The van der Waals surface area contributed by atoms with Gasteiger partial charge in [-0.15, -0.1) is 0 Å². The summed E-state index contributed by atoms with van der Waals surface area (Å²) >= 11 is 6.03. The van der Waals surface area contributed by atoms with E-state index in [1.165, 1.54) is 45.3 Å². The van der Waals surface area contributed by atoms with E-state index in [9.17, 15) is 4.79 Å². The first-order chi connectivity index (χ1) is 11.1. The smallest absolute Gasteiger partial charge is 0.253 e. The lowest BCUT2D eigenvalue weighted by molar-refractivity contribution is 0.0681. The normalized spacial score (nSPS) is 28.5. The molecule has 0 aromatic heterocycles. The molecule has 2 aliphatic heterocycles. The molecule has 1 aliphatic carbocycles. The van der Waals surface area contributed by atoms with E-state index < -0.39 is 0 Å². The predicted molar refractivity (Wildman–Crippen MR) is 92.8 cm³/mol. The second-order valence-corrected chi connectivity index (χ2v) is 8.21. The van der Waals surface area contributed by atoms with Crippen molar-refractivity contribution in [3.63, 3.8) is 0 Å². The third-order valence-electron chi connectivity index (χ3n) is 5.75. The van der Waals surface area contributed by atoms with E-state index >= 15 is 0 Å². The Labute approximate surface area is 143 Å². The van der Waals surface area contributed by atoms with Gasteiger partial charge in [-0.25, -0.2) is 0 Å². The minimum absolute atomic E-state index is 0.142. The molecule has 124 valence electrons. The van der Waals surface area contributed by atoms with Crippen molar-refractivity contribution in [1.29, 1.82) is 0 Å². The molecule has 0 unspecified atom stereocenters. The SMILES string of the molecule is O=C(c1cccc(Cl)c1)N1CC[C@]2(CCCN(CC3CC3)C2)C1. The van der Waals surface area contributed by atoms with Crippen LogP contribution in [0.1, 0.15) is 42.5 Å². The lowest BCUT2D eigenvalue weighted by atomic mass is 9.79. The van der Waals surface area contributed by atoms with Gasteiger partial charge in [0.2, 0.25) is 0 Å². The molecule has 3 nitrogen and oxygen atoms in total. The maximum Gasteiger partial charge on any atom is 0.253 e. The van der Waals surface area contributed by atoms with Crippen LogP contribution in [0.25, 0.3) is 0 Å². The zero-order valence-electron chi connectivity index (χ0n) is 13.6. The number of hydrogen-bond acceptors (Lipinski definition) is 2. The maximum absolute atomic E-state index is 12.7. The van der Waals surface area contributed by atoms with Gasteiger partial charge in [-0.1, -0.05) is 17.7 Å². The lowest BCUT2D eigenvalue weighted by Crippen LogP contribution is -2.46. The Morgan fingerprint density at radius 1 is 1.22 bits per heavy atom. The van der Waals surface area contributed by atoms with Crippen molar-refractivity contribution in [2.24, 2.45) is 11.3 Å². The molecular weight excluding hydrogens is 308 g/mol. The monoisotopic (exact) mass is 332 g/mol. The number of hydrogen-bond donors (Lipinski definition) is 0. The summed E-state index contributed by atoms with van der Waals surface area (Å²) in [6, 6.07) is 7.34. The Morgan fingerprint density at radius 3 is 2.87 bits per heavy atom. The predicted octanol–water partition coefficient (Wildman–Crippen LogP) is 3.68. The van der Waals surface area contributed by atoms with Gasteiger partial charge >= 0.3 is 0 Å². The summed E-state index contributed by atoms with van der Waals surface area (Å²) in [5.74, 6) is 1.10. The number of carbonyl (C=O) groups is 1. The number of benzene rings is 1. The van der Waals surface area contributed by atoms with E-state index in [0.29, 0.717) is 10.4 Å². The number of rotatable bonds is 3. The van der Waals surface area contributed by atoms with Crippen LogP contribution in [0.3, 0.4) is 0 Å². The Hall–Kier alpha value is -1.06. The molecule has 1 spiro atoms. The van der Waals surface area contributed by atoms with Crippen molar-refractivity contribution in [1.82, 2.24) is 9.80 Å². The van der Waals surface area contributed by atoms with Gasteiger partial charge in [-0.05, 0) is 62.8 Å². The molecule has 1 aromatic rings. The number of amides is 1. The Morgan fingerprint density at radius 2 is 2.09 bits per heavy atom. The standard InChI is InChI=1S/C19H25ClN2O/c20-17-4-1-3-16(11-17)18(23)22-10-8-19(14-22)7-2-9-21(13-19)12-15-5-6-15/h1,3-4,11,15H,2,5-10,12-14H2/t19-/m0/s1. The van der Waals surface area contributed by atoms with Crippen molar-refractivity contribution in [3.8, 4) is 0 Å². The summed E-state index contributed by atoms with van der Waals surface area (Å²) < 4.78 is 0. The summed E-state index contributed by atoms with van der Waals surface area (Å²) in [7, 11) is 0. The first-order valence-corrected chi connectivity index (χ1v) is 9.29. The van der Waals surface area contributed by atoms with E-state index in [0.717, 1.165) is 31.0 Å². The molecule has 1 saturated carbocycles. The second kappa shape index (κ2) is 6.10. The highest BCUT2D eigenvalue weighted by Crippen LogP contribution is 2.41. The van der Waals surface area contributed by atoms with E-state index in [4.69, 9.17) is 11.6 Å². The van der Waals surface area contributed by atoms with E-state index in [2.05, 4.69) is 4.90 Å². The van der Waals surface area contributed by atoms with Gasteiger partial charge in [-0.3, -0.25) is 4.79 Å².